The zero-order valence-corrected chi connectivity index (χ0v) is 35.8. The smallest absolute Gasteiger partial charge is 0.321 e. The fourth-order valence-corrected chi connectivity index (χ4v) is 7.17. The number of rotatable bonds is 22. The molecule has 0 aromatic heterocycles. The zero-order valence-electron chi connectivity index (χ0n) is 35.0. The van der Waals surface area contributed by atoms with Crippen LogP contribution in [0.1, 0.15) is 115 Å². The Hall–Kier alpha value is -1.83. The van der Waals surface area contributed by atoms with Crippen molar-refractivity contribution in [1.82, 2.24) is 0 Å². The summed E-state index contributed by atoms with van der Waals surface area (Å²) in [6.07, 6.45) is 9.47. The highest BCUT2D eigenvalue weighted by Crippen LogP contribution is 2.38. The van der Waals surface area contributed by atoms with Crippen LogP contribution in [0.4, 0.5) is 0 Å². The minimum atomic E-state index is -1.04. The lowest BCUT2D eigenvalue weighted by Crippen LogP contribution is -2.47. The summed E-state index contributed by atoms with van der Waals surface area (Å²) in [5.41, 5.74) is -0.181. The van der Waals surface area contributed by atoms with Crippen LogP contribution in [0, 0.1) is 17.8 Å². The lowest BCUT2D eigenvalue weighted by Gasteiger charge is -2.39. The molecule has 312 valence electrons. The quantitative estimate of drug-likeness (QED) is 0.0263. The van der Waals surface area contributed by atoms with E-state index in [0.29, 0.717) is 32.7 Å². The van der Waals surface area contributed by atoms with E-state index in [1.165, 1.54) is 0 Å². The van der Waals surface area contributed by atoms with Gasteiger partial charge >= 0.3 is 11.9 Å². The molecule has 2 aliphatic heterocycles. The fraction of sp³-hybridized carbons (Fsp3) is 0.810. The number of halogens is 1. The van der Waals surface area contributed by atoms with E-state index in [1.807, 2.05) is 66.7 Å². The summed E-state index contributed by atoms with van der Waals surface area (Å²) in [7, 11) is 0. The molecule has 0 spiro atoms. The molecule has 0 bridgehead atoms. The van der Waals surface area contributed by atoms with Crippen LogP contribution in [0.25, 0.3) is 0 Å². The summed E-state index contributed by atoms with van der Waals surface area (Å²) in [4.78, 5) is 26.2. The van der Waals surface area contributed by atoms with Crippen LogP contribution >= 0.6 is 11.6 Å². The molecule has 0 N–H and O–H groups in total. The molecule has 2 aliphatic rings. The van der Waals surface area contributed by atoms with Crippen molar-refractivity contribution >= 4 is 23.5 Å². The molecule has 12 heteroatoms. The van der Waals surface area contributed by atoms with Crippen LogP contribution in [-0.4, -0.2) is 98.7 Å². The third-order valence-corrected chi connectivity index (χ3v) is 10.2. The number of epoxide rings is 1. The highest BCUT2D eigenvalue weighted by atomic mass is 35.5. The Labute approximate surface area is 330 Å². The average Bonchev–Trinajstić information content (AvgIpc) is 3.88. The monoisotopic (exact) mass is 786 g/mol. The van der Waals surface area contributed by atoms with Crippen molar-refractivity contribution in [3.63, 3.8) is 0 Å². The first-order valence-corrected chi connectivity index (χ1v) is 20.6. The normalized spacial score (nSPS) is 31.0. The minimum absolute atomic E-state index is 0.00315. The highest BCUT2D eigenvalue weighted by molar-refractivity contribution is 6.26. The highest BCUT2D eigenvalue weighted by Gasteiger charge is 2.46. The van der Waals surface area contributed by atoms with Crippen LogP contribution in [0.3, 0.4) is 0 Å². The molecule has 54 heavy (non-hydrogen) atoms. The minimum Gasteiger partial charge on any atom is -0.457 e. The molecule has 0 saturated carbocycles. The lowest BCUT2D eigenvalue weighted by atomic mass is 9.88. The second-order valence-electron chi connectivity index (χ2n) is 14.8. The van der Waals surface area contributed by atoms with Crippen molar-refractivity contribution in [3.8, 4) is 0 Å². The Kier molecular flexibility index (Phi) is 22.1. The summed E-state index contributed by atoms with van der Waals surface area (Å²) in [6, 6.07) is 0. The maximum absolute atomic E-state index is 13.6. The molecule has 11 nitrogen and oxygen atoms in total. The number of hydrogen-bond acceptors (Lipinski definition) is 11. The number of esters is 2. The molecule has 13 unspecified atom stereocenters. The predicted octanol–water partition coefficient (Wildman–Crippen LogP) is 8.46. The number of cyclic esters (lactones) is 1. The maximum atomic E-state index is 13.6. The molecule has 2 heterocycles. The van der Waals surface area contributed by atoms with E-state index in [2.05, 4.69) is 26.8 Å². The maximum Gasteiger partial charge on any atom is 0.321 e. The molecule has 0 aromatic carbocycles. The molecule has 0 radical (unpaired) electrons. The second-order valence-corrected chi connectivity index (χ2v) is 15.1. The van der Waals surface area contributed by atoms with Crippen LogP contribution < -0.4 is 0 Å². The van der Waals surface area contributed by atoms with E-state index in [0.717, 1.165) is 18.4 Å². The number of ether oxygens (including phenoxy) is 9. The van der Waals surface area contributed by atoms with E-state index in [4.69, 9.17) is 54.2 Å². The molecule has 2 rings (SSSR count). The number of allylic oxidation sites excluding steroid dienone is 3. The Bertz CT molecular complexity index is 1190. The van der Waals surface area contributed by atoms with Gasteiger partial charge in [0.1, 0.15) is 23.7 Å². The van der Waals surface area contributed by atoms with Gasteiger partial charge in [-0.3, -0.25) is 9.59 Å². The first-order valence-electron chi connectivity index (χ1n) is 20.1. The van der Waals surface area contributed by atoms with Crippen molar-refractivity contribution < 1.29 is 52.2 Å². The number of carbonyl (C=O) groups is 2. The molecular weight excluding hydrogens is 716 g/mol. The van der Waals surface area contributed by atoms with Gasteiger partial charge in [0.05, 0.1) is 30.8 Å². The summed E-state index contributed by atoms with van der Waals surface area (Å²) in [5, 5.41) is 0. The van der Waals surface area contributed by atoms with Crippen LogP contribution in [0.5, 0.6) is 0 Å². The van der Waals surface area contributed by atoms with Crippen LogP contribution in [0.15, 0.2) is 36.0 Å². The third kappa shape index (κ3) is 16.7. The first-order chi connectivity index (χ1) is 25.6. The van der Waals surface area contributed by atoms with Gasteiger partial charge in [-0.05, 0) is 98.6 Å². The Balaban J connectivity index is 2.31. The largest absolute Gasteiger partial charge is 0.457 e. The van der Waals surface area contributed by atoms with Crippen LogP contribution in [-0.2, 0) is 52.2 Å². The Morgan fingerprint density at radius 2 is 1.65 bits per heavy atom. The first kappa shape index (κ1) is 48.3. The molecule has 1 saturated heterocycles. The number of carbonyl (C=O) groups excluding carboxylic acids is 2. The van der Waals surface area contributed by atoms with Crippen molar-refractivity contribution in [2.75, 3.05) is 25.7 Å². The van der Waals surface area contributed by atoms with Crippen molar-refractivity contribution in [3.05, 3.63) is 36.0 Å². The predicted molar refractivity (Wildman–Crippen MR) is 210 cm³/mol. The Morgan fingerprint density at radius 1 is 1.00 bits per heavy atom. The van der Waals surface area contributed by atoms with Gasteiger partial charge in [0.25, 0.3) is 0 Å². The SMILES string of the molecule is CCOC(C)OC1CCC(C)(OC(C)OCC)C(OC(=O)CCl)/C=C/C(C)C(/C(C)=C/C=C/C(C)CC2OC2C(C)C(CC)OC(C)OCC)OC(=O)C1. The van der Waals surface area contributed by atoms with E-state index in [1.54, 1.807) is 19.9 Å². The molecule has 0 aromatic rings. The molecule has 1 fully saturated rings. The van der Waals surface area contributed by atoms with Gasteiger partial charge in [-0.2, -0.15) is 0 Å². The third-order valence-electron chi connectivity index (χ3n) is 10.0. The van der Waals surface area contributed by atoms with E-state index in [-0.39, 0.29) is 60.6 Å². The summed E-state index contributed by atoms with van der Waals surface area (Å²) < 4.78 is 54.0. The van der Waals surface area contributed by atoms with Gasteiger partial charge in [0.15, 0.2) is 18.9 Å². The number of hydrogen-bond donors (Lipinski definition) is 0. The number of alkyl halides is 1. The van der Waals surface area contributed by atoms with Crippen molar-refractivity contribution in [1.29, 1.82) is 0 Å². The lowest BCUT2D eigenvalue weighted by molar-refractivity contribution is -0.230. The molecular formula is C42H71ClO11. The zero-order chi connectivity index (χ0) is 40.4. The summed E-state index contributed by atoms with van der Waals surface area (Å²) >= 11 is 5.90. The fourth-order valence-electron chi connectivity index (χ4n) is 7.10. The molecule has 0 amide bonds. The topological polar surface area (TPSA) is 121 Å². The van der Waals surface area contributed by atoms with Gasteiger partial charge in [-0.15, -0.1) is 11.6 Å². The van der Waals surface area contributed by atoms with Crippen molar-refractivity contribution in [2.24, 2.45) is 17.8 Å². The summed E-state index contributed by atoms with van der Waals surface area (Å²) in [6.45, 7) is 25.1. The van der Waals surface area contributed by atoms with Gasteiger partial charge in [0, 0.05) is 31.7 Å². The summed E-state index contributed by atoms with van der Waals surface area (Å²) in [5.74, 6) is -1.04. The van der Waals surface area contributed by atoms with Gasteiger partial charge in [-0.1, -0.05) is 52.0 Å². The molecule has 13 atom stereocenters. The van der Waals surface area contributed by atoms with E-state index >= 15 is 0 Å². The van der Waals surface area contributed by atoms with Gasteiger partial charge in [-0.25, -0.2) is 0 Å². The van der Waals surface area contributed by atoms with E-state index < -0.39 is 42.5 Å². The standard InChI is InChI=1S/C42H71ClO11/c1-13-35(50-32(10)47-15-3)30(8)41-36(51-41)24-27(5)18-17-19-28(6)40-29(7)20-21-37(52-39(45)26-43)42(12,54-33(11)48-16-4)23-22-34(25-38(44)53-40)49-31(9)46-14-2/h17-21,27,29-37,40-41H,13-16,22-26H2,1-12H3/b18-17+,21-20+,28-19+. The average molecular weight is 787 g/mol. The van der Waals surface area contributed by atoms with Gasteiger partial charge in [0.2, 0.25) is 0 Å². The van der Waals surface area contributed by atoms with Crippen molar-refractivity contribution in [2.45, 2.75) is 176 Å². The second kappa shape index (κ2) is 24.7. The molecule has 0 aliphatic carbocycles. The van der Waals surface area contributed by atoms with Gasteiger partial charge < -0.3 is 42.6 Å². The van der Waals surface area contributed by atoms with Crippen LogP contribution in [0.2, 0.25) is 0 Å². The van der Waals surface area contributed by atoms with E-state index in [9.17, 15) is 9.59 Å². The Morgan fingerprint density at radius 3 is 2.28 bits per heavy atom.